The average molecular weight is 322 g/mol. The molecule has 0 saturated carbocycles. The summed E-state index contributed by atoms with van der Waals surface area (Å²) in [4.78, 5) is 0.781. The van der Waals surface area contributed by atoms with E-state index in [2.05, 4.69) is 0 Å². The van der Waals surface area contributed by atoms with E-state index >= 15 is 0 Å². The summed E-state index contributed by atoms with van der Waals surface area (Å²) < 4.78 is 39.5. The zero-order chi connectivity index (χ0) is 16.1. The van der Waals surface area contributed by atoms with Gasteiger partial charge in [-0.25, -0.2) is 8.78 Å². The predicted molar refractivity (Wildman–Crippen MR) is 85.4 cm³/mol. The fourth-order valence-corrected chi connectivity index (χ4v) is 3.24. The van der Waals surface area contributed by atoms with E-state index in [1.54, 1.807) is 0 Å². The largest absolute Gasteiger partial charge is 0.505 e. The topological polar surface area (TPSA) is 18.5 Å². The summed E-state index contributed by atoms with van der Waals surface area (Å²) >= 11 is 1.42. The van der Waals surface area contributed by atoms with Crippen LogP contribution in [0.4, 0.5) is 8.78 Å². The van der Waals surface area contributed by atoms with Crippen molar-refractivity contribution in [3.63, 3.8) is 0 Å². The van der Waals surface area contributed by atoms with E-state index in [0.29, 0.717) is 5.56 Å². The first kappa shape index (κ1) is 15.7. The SMILES string of the molecule is CC1(C)OB(c2ccc(-c3cc(F)cc(F)c3)s2)OC1(C)C. The minimum atomic E-state index is -0.583. The van der Waals surface area contributed by atoms with Crippen molar-refractivity contribution in [1.29, 1.82) is 0 Å². The summed E-state index contributed by atoms with van der Waals surface area (Å²) in [6.07, 6.45) is 0. The van der Waals surface area contributed by atoms with Crippen molar-refractivity contribution in [2.75, 3.05) is 0 Å². The molecule has 0 aliphatic carbocycles. The Morgan fingerprint density at radius 1 is 0.909 bits per heavy atom. The lowest BCUT2D eigenvalue weighted by Crippen LogP contribution is -2.41. The number of thiophene rings is 1. The molecule has 0 atom stereocenters. The van der Waals surface area contributed by atoms with Gasteiger partial charge in [0.2, 0.25) is 0 Å². The van der Waals surface area contributed by atoms with E-state index in [9.17, 15) is 8.78 Å². The molecule has 0 radical (unpaired) electrons. The quantitative estimate of drug-likeness (QED) is 0.778. The third-order valence-corrected chi connectivity index (χ3v) is 5.42. The van der Waals surface area contributed by atoms with Gasteiger partial charge in [-0.15, -0.1) is 11.3 Å². The normalized spacial score (nSPS) is 19.6. The molecule has 1 aliphatic rings. The second-order valence-corrected chi connectivity index (χ2v) is 7.56. The smallest absolute Gasteiger partial charge is 0.399 e. The van der Waals surface area contributed by atoms with Crippen LogP contribution >= 0.6 is 11.3 Å². The predicted octanol–water partition coefficient (Wildman–Crippen LogP) is 3.99. The van der Waals surface area contributed by atoms with Gasteiger partial charge in [0.1, 0.15) is 11.6 Å². The minimum absolute atomic E-state index is 0.410. The van der Waals surface area contributed by atoms with Gasteiger partial charge in [-0.05, 0) is 51.5 Å². The molecule has 0 unspecified atom stereocenters. The second-order valence-electron chi connectivity index (χ2n) is 6.45. The van der Waals surface area contributed by atoms with Crippen molar-refractivity contribution < 1.29 is 18.1 Å². The van der Waals surface area contributed by atoms with Gasteiger partial charge >= 0.3 is 7.12 Å². The second kappa shape index (κ2) is 5.15. The van der Waals surface area contributed by atoms with Gasteiger partial charge in [0.25, 0.3) is 0 Å². The summed E-state index contributed by atoms with van der Waals surface area (Å²) in [5.41, 5.74) is -0.301. The third kappa shape index (κ3) is 2.71. The van der Waals surface area contributed by atoms with Gasteiger partial charge < -0.3 is 9.31 Å². The Kier molecular flexibility index (Phi) is 3.66. The zero-order valence-electron chi connectivity index (χ0n) is 12.9. The lowest BCUT2D eigenvalue weighted by Gasteiger charge is -2.32. The Morgan fingerprint density at radius 3 is 2.00 bits per heavy atom. The Labute approximate surface area is 133 Å². The van der Waals surface area contributed by atoms with Gasteiger partial charge in [0, 0.05) is 15.7 Å². The van der Waals surface area contributed by atoms with Crippen LogP contribution in [-0.2, 0) is 9.31 Å². The van der Waals surface area contributed by atoms with E-state index in [1.807, 2.05) is 39.8 Å². The molecular formula is C16H17BF2O2S. The molecule has 2 aromatic rings. The molecule has 1 saturated heterocycles. The van der Waals surface area contributed by atoms with E-state index in [-0.39, 0.29) is 0 Å². The van der Waals surface area contributed by atoms with Crippen molar-refractivity contribution in [3.8, 4) is 10.4 Å². The van der Waals surface area contributed by atoms with Crippen LogP contribution in [-0.4, -0.2) is 18.3 Å². The highest BCUT2D eigenvalue weighted by Gasteiger charge is 2.52. The molecular weight excluding hydrogens is 305 g/mol. The molecule has 3 rings (SSSR count). The molecule has 6 heteroatoms. The number of benzene rings is 1. The molecule has 0 spiro atoms. The monoisotopic (exact) mass is 322 g/mol. The van der Waals surface area contributed by atoms with Crippen LogP contribution in [0.5, 0.6) is 0 Å². The van der Waals surface area contributed by atoms with Gasteiger partial charge in [-0.1, -0.05) is 6.07 Å². The van der Waals surface area contributed by atoms with Crippen molar-refractivity contribution in [3.05, 3.63) is 42.0 Å². The van der Waals surface area contributed by atoms with Crippen LogP contribution in [0, 0.1) is 11.6 Å². The maximum Gasteiger partial charge on any atom is 0.505 e. The molecule has 22 heavy (non-hydrogen) atoms. The lowest BCUT2D eigenvalue weighted by atomic mass is 9.88. The molecule has 1 aromatic heterocycles. The third-order valence-electron chi connectivity index (χ3n) is 4.26. The molecule has 2 heterocycles. The minimum Gasteiger partial charge on any atom is -0.399 e. The van der Waals surface area contributed by atoms with Crippen LogP contribution in [0.1, 0.15) is 27.7 Å². The Bertz CT molecular complexity index is 676. The molecule has 0 N–H and O–H groups in total. The Balaban J connectivity index is 1.89. The maximum absolute atomic E-state index is 13.3. The summed E-state index contributed by atoms with van der Waals surface area (Å²) in [7, 11) is -0.456. The van der Waals surface area contributed by atoms with Gasteiger partial charge in [-0.3, -0.25) is 0 Å². The average Bonchev–Trinajstić information content (AvgIpc) is 2.92. The molecule has 116 valence electrons. The van der Waals surface area contributed by atoms with Crippen LogP contribution in [0.3, 0.4) is 0 Å². The van der Waals surface area contributed by atoms with Gasteiger partial charge in [-0.2, -0.15) is 0 Å². The van der Waals surface area contributed by atoms with Crippen molar-refractivity contribution in [2.24, 2.45) is 0 Å². The first-order chi connectivity index (χ1) is 10.2. The van der Waals surface area contributed by atoms with Crippen LogP contribution in [0.2, 0.25) is 0 Å². The van der Waals surface area contributed by atoms with Crippen LogP contribution < -0.4 is 4.78 Å². The standard InChI is InChI=1S/C16H17BF2O2S/c1-15(2)16(3,4)21-17(20-15)14-6-5-13(22-14)10-7-11(18)9-12(19)8-10/h5-9H,1-4H3. The number of hydrogen-bond acceptors (Lipinski definition) is 3. The zero-order valence-corrected chi connectivity index (χ0v) is 13.8. The van der Waals surface area contributed by atoms with Crippen molar-refractivity contribution in [2.45, 2.75) is 38.9 Å². The Hall–Kier alpha value is -1.24. The first-order valence-electron chi connectivity index (χ1n) is 7.10. The highest BCUT2D eigenvalue weighted by atomic mass is 32.1. The maximum atomic E-state index is 13.3. The fraction of sp³-hybridized carbons (Fsp3) is 0.375. The summed E-state index contributed by atoms with van der Waals surface area (Å²) in [6, 6.07) is 7.22. The van der Waals surface area contributed by atoms with Gasteiger partial charge in [0.05, 0.1) is 11.2 Å². The van der Waals surface area contributed by atoms with E-state index in [4.69, 9.17) is 9.31 Å². The first-order valence-corrected chi connectivity index (χ1v) is 7.91. The fourth-order valence-electron chi connectivity index (χ4n) is 2.29. The summed E-state index contributed by atoms with van der Waals surface area (Å²) in [6.45, 7) is 7.96. The van der Waals surface area contributed by atoms with Crippen LogP contribution in [0.15, 0.2) is 30.3 Å². The molecule has 2 nitrogen and oxygen atoms in total. The number of hydrogen-bond donors (Lipinski definition) is 0. The van der Waals surface area contributed by atoms with Gasteiger partial charge in [0.15, 0.2) is 0 Å². The molecule has 1 fully saturated rings. The van der Waals surface area contributed by atoms with E-state index in [0.717, 1.165) is 15.7 Å². The Morgan fingerprint density at radius 2 is 1.45 bits per heavy atom. The summed E-state index contributed by atoms with van der Waals surface area (Å²) in [5.74, 6) is -1.17. The molecule has 0 bridgehead atoms. The highest BCUT2D eigenvalue weighted by Crippen LogP contribution is 2.37. The van der Waals surface area contributed by atoms with E-state index in [1.165, 1.54) is 23.5 Å². The summed E-state index contributed by atoms with van der Waals surface area (Å²) in [5, 5.41) is 0. The highest BCUT2D eigenvalue weighted by molar-refractivity contribution is 7.25. The molecule has 0 amide bonds. The number of rotatable bonds is 2. The van der Waals surface area contributed by atoms with Crippen molar-refractivity contribution >= 4 is 23.2 Å². The number of halogens is 2. The molecule has 1 aliphatic heterocycles. The van der Waals surface area contributed by atoms with E-state index < -0.39 is 30.0 Å². The van der Waals surface area contributed by atoms with Crippen LogP contribution in [0.25, 0.3) is 10.4 Å². The van der Waals surface area contributed by atoms with Crippen molar-refractivity contribution in [1.82, 2.24) is 0 Å². The lowest BCUT2D eigenvalue weighted by molar-refractivity contribution is 0.00578. The molecule has 1 aromatic carbocycles.